The van der Waals surface area contributed by atoms with Crippen LogP contribution in [0.4, 0.5) is 0 Å². The summed E-state index contributed by atoms with van der Waals surface area (Å²) in [6.45, 7) is 5.37. The van der Waals surface area contributed by atoms with Crippen LogP contribution in [0.3, 0.4) is 0 Å². The van der Waals surface area contributed by atoms with Gasteiger partial charge >= 0.3 is 0 Å². The van der Waals surface area contributed by atoms with Crippen molar-refractivity contribution in [3.63, 3.8) is 0 Å². The van der Waals surface area contributed by atoms with Crippen LogP contribution >= 0.6 is 15.9 Å². The molecule has 0 unspecified atom stereocenters. The third-order valence-corrected chi connectivity index (χ3v) is 3.92. The molecule has 1 aliphatic heterocycles. The van der Waals surface area contributed by atoms with Crippen molar-refractivity contribution in [2.75, 3.05) is 26.2 Å². The van der Waals surface area contributed by atoms with Gasteiger partial charge in [-0.2, -0.15) is 0 Å². The summed E-state index contributed by atoms with van der Waals surface area (Å²) in [4.78, 5) is 25.6. The van der Waals surface area contributed by atoms with Crippen molar-refractivity contribution in [1.82, 2.24) is 15.8 Å². The van der Waals surface area contributed by atoms with Gasteiger partial charge in [0.15, 0.2) is 6.61 Å². The molecule has 1 aromatic rings. The van der Waals surface area contributed by atoms with Crippen LogP contribution in [0.15, 0.2) is 28.7 Å². The second-order valence-corrected chi connectivity index (χ2v) is 6.71. The fourth-order valence-corrected chi connectivity index (χ4v) is 2.78. The molecule has 8 heteroatoms. The highest BCUT2D eigenvalue weighted by atomic mass is 79.9. The second kappa shape index (κ2) is 9.00. The van der Waals surface area contributed by atoms with Crippen molar-refractivity contribution < 1.29 is 19.1 Å². The van der Waals surface area contributed by atoms with E-state index in [0.717, 1.165) is 4.47 Å². The van der Waals surface area contributed by atoms with Gasteiger partial charge in [-0.1, -0.05) is 15.9 Å². The lowest BCUT2D eigenvalue weighted by molar-refractivity contribution is -0.132. The van der Waals surface area contributed by atoms with Crippen molar-refractivity contribution in [2.24, 2.45) is 0 Å². The molecule has 1 heterocycles. The number of nitrogens with one attached hydrogen (secondary N) is 2. The molecule has 0 radical (unpaired) electrons. The first-order valence-electron chi connectivity index (χ1n) is 7.76. The number of carbonyl (C=O) groups is 2. The van der Waals surface area contributed by atoms with Gasteiger partial charge < -0.3 is 9.47 Å². The molecule has 0 saturated carbocycles. The summed E-state index contributed by atoms with van der Waals surface area (Å²) in [5.74, 6) is -0.112. The zero-order valence-electron chi connectivity index (χ0n) is 13.8. The van der Waals surface area contributed by atoms with Crippen LogP contribution in [-0.2, 0) is 14.3 Å². The molecule has 7 nitrogen and oxygen atoms in total. The molecule has 2 N–H and O–H groups in total. The van der Waals surface area contributed by atoms with E-state index in [9.17, 15) is 9.59 Å². The molecule has 1 aromatic carbocycles. The van der Waals surface area contributed by atoms with Crippen LogP contribution in [0, 0.1) is 0 Å². The minimum absolute atomic E-state index is 0.0930. The lowest BCUT2D eigenvalue weighted by Gasteiger charge is -2.34. The highest BCUT2D eigenvalue weighted by Crippen LogP contribution is 2.15. The van der Waals surface area contributed by atoms with Gasteiger partial charge in [-0.15, -0.1) is 0 Å². The number of rotatable bonds is 5. The highest BCUT2D eigenvalue weighted by Gasteiger charge is 2.23. The smallest absolute Gasteiger partial charge is 0.276 e. The Morgan fingerprint density at radius 2 is 1.75 bits per heavy atom. The summed E-state index contributed by atoms with van der Waals surface area (Å²) in [6, 6.07) is 7.13. The maximum atomic E-state index is 11.9. The number of hydrogen-bond donors (Lipinski definition) is 2. The van der Waals surface area contributed by atoms with E-state index in [1.165, 1.54) is 0 Å². The maximum Gasteiger partial charge on any atom is 0.276 e. The number of benzene rings is 1. The van der Waals surface area contributed by atoms with Gasteiger partial charge in [0.05, 0.1) is 18.8 Å². The van der Waals surface area contributed by atoms with E-state index >= 15 is 0 Å². The standard InChI is InChI=1S/C16H22BrN3O4/c1-11-7-20(8-12(2)24-11)9-15(21)18-19-16(22)10-23-14-5-3-13(17)4-6-14/h3-6,11-12H,7-10H2,1-2H3,(H,18,21)(H,19,22)/t11-,12-/m1/s1. The van der Waals surface area contributed by atoms with E-state index in [0.29, 0.717) is 18.8 Å². The minimum Gasteiger partial charge on any atom is -0.484 e. The zero-order chi connectivity index (χ0) is 17.5. The molecule has 2 amide bonds. The van der Waals surface area contributed by atoms with Gasteiger partial charge in [0, 0.05) is 17.6 Å². The maximum absolute atomic E-state index is 11.9. The minimum atomic E-state index is -0.421. The fourth-order valence-electron chi connectivity index (χ4n) is 2.51. The number of ether oxygens (including phenoxy) is 2. The summed E-state index contributed by atoms with van der Waals surface area (Å²) in [5.41, 5.74) is 4.74. The third-order valence-electron chi connectivity index (χ3n) is 3.39. The van der Waals surface area contributed by atoms with Crippen LogP contribution in [0.5, 0.6) is 5.75 Å². The number of halogens is 1. The molecule has 132 valence electrons. The molecular weight excluding hydrogens is 378 g/mol. The monoisotopic (exact) mass is 399 g/mol. The summed E-state index contributed by atoms with van der Waals surface area (Å²) < 4.78 is 11.9. The largest absolute Gasteiger partial charge is 0.484 e. The van der Waals surface area contributed by atoms with Crippen LogP contribution in [0.1, 0.15) is 13.8 Å². The predicted octanol–water partition coefficient (Wildman–Crippen LogP) is 1.08. The summed E-state index contributed by atoms with van der Waals surface area (Å²) in [6.07, 6.45) is 0.186. The lowest BCUT2D eigenvalue weighted by Crippen LogP contribution is -2.52. The normalized spacial score (nSPS) is 21.1. The Morgan fingerprint density at radius 3 is 2.38 bits per heavy atom. The van der Waals surface area contributed by atoms with Crippen molar-refractivity contribution in [2.45, 2.75) is 26.1 Å². The molecule has 0 spiro atoms. The van der Waals surface area contributed by atoms with E-state index < -0.39 is 5.91 Å². The third kappa shape index (κ3) is 6.46. The summed E-state index contributed by atoms with van der Waals surface area (Å²) >= 11 is 3.32. The topological polar surface area (TPSA) is 79.9 Å². The SMILES string of the molecule is C[C@@H]1CN(CC(=O)NNC(=O)COc2ccc(Br)cc2)C[C@@H](C)O1. The Morgan fingerprint density at radius 1 is 1.17 bits per heavy atom. The number of nitrogens with zero attached hydrogens (tertiary/aromatic N) is 1. The fraction of sp³-hybridized carbons (Fsp3) is 0.500. The van der Waals surface area contributed by atoms with Crippen molar-refractivity contribution in [3.05, 3.63) is 28.7 Å². The van der Waals surface area contributed by atoms with Gasteiger partial charge in [0.25, 0.3) is 11.8 Å². The van der Waals surface area contributed by atoms with E-state index in [1.807, 2.05) is 30.9 Å². The van der Waals surface area contributed by atoms with Crippen LogP contribution < -0.4 is 15.6 Å². The average molecular weight is 400 g/mol. The molecule has 24 heavy (non-hydrogen) atoms. The predicted molar refractivity (Wildman–Crippen MR) is 92.4 cm³/mol. The first-order chi connectivity index (χ1) is 11.4. The number of hydrogen-bond acceptors (Lipinski definition) is 5. The molecule has 0 bridgehead atoms. The van der Waals surface area contributed by atoms with Gasteiger partial charge in [-0.05, 0) is 38.1 Å². The van der Waals surface area contributed by atoms with Gasteiger partial charge in [0.1, 0.15) is 5.75 Å². The van der Waals surface area contributed by atoms with E-state index in [4.69, 9.17) is 9.47 Å². The van der Waals surface area contributed by atoms with Crippen molar-refractivity contribution >= 4 is 27.7 Å². The van der Waals surface area contributed by atoms with Gasteiger partial charge in [0.2, 0.25) is 0 Å². The van der Waals surface area contributed by atoms with Gasteiger partial charge in [-0.3, -0.25) is 25.3 Å². The molecule has 1 aliphatic rings. The van der Waals surface area contributed by atoms with Crippen molar-refractivity contribution in [1.29, 1.82) is 0 Å². The Hall–Kier alpha value is -1.64. The van der Waals surface area contributed by atoms with E-state index in [-0.39, 0.29) is 31.3 Å². The summed E-state index contributed by atoms with van der Waals surface area (Å²) in [5, 5.41) is 0. The van der Waals surface area contributed by atoms with Crippen LogP contribution in [0.25, 0.3) is 0 Å². The lowest BCUT2D eigenvalue weighted by atomic mass is 10.2. The Kier molecular flexibility index (Phi) is 7.01. The highest BCUT2D eigenvalue weighted by molar-refractivity contribution is 9.10. The first-order valence-corrected chi connectivity index (χ1v) is 8.55. The molecule has 1 saturated heterocycles. The second-order valence-electron chi connectivity index (χ2n) is 5.79. The number of amides is 2. The number of hydrazine groups is 1. The van der Waals surface area contributed by atoms with Crippen LogP contribution in [0.2, 0.25) is 0 Å². The molecule has 0 aromatic heterocycles. The molecule has 2 rings (SSSR count). The number of carbonyl (C=O) groups excluding carboxylic acids is 2. The number of morpholine rings is 1. The Bertz CT molecular complexity index is 557. The Labute approximate surface area is 149 Å². The first kappa shape index (κ1) is 18.7. The quantitative estimate of drug-likeness (QED) is 0.724. The van der Waals surface area contributed by atoms with E-state index in [1.54, 1.807) is 12.1 Å². The van der Waals surface area contributed by atoms with Crippen molar-refractivity contribution in [3.8, 4) is 5.75 Å². The summed E-state index contributed by atoms with van der Waals surface area (Å²) in [7, 11) is 0. The Balaban J connectivity index is 1.65. The molecule has 0 aliphatic carbocycles. The average Bonchev–Trinajstić information content (AvgIpc) is 2.51. The van der Waals surface area contributed by atoms with Gasteiger partial charge in [-0.25, -0.2) is 0 Å². The molecular formula is C16H22BrN3O4. The van der Waals surface area contributed by atoms with Crippen LogP contribution in [-0.4, -0.2) is 55.2 Å². The van der Waals surface area contributed by atoms with E-state index in [2.05, 4.69) is 26.8 Å². The zero-order valence-corrected chi connectivity index (χ0v) is 15.3. The molecule has 2 atom stereocenters. The molecule has 1 fully saturated rings.